The molecule has 0 radical (unpaired) electrons. The third kappa shape index (κ3) is 4.61. The van der Waals surface area contributed by atoms with Crippen LogP contribution in [0.4, 0.5) is 0 Å². The zero-order chi connectivity index (χ0) is 13.0. The van der Waals surface area contributed by atoms with E-state index in [1.807, 2.05) is 34.6 Å². The molecule has 7 heteroatoms. The molecule has 0 aromatic heterocycles. The van der Waals surface area contributed by atoms with Gasteiger partial charge in [0.05, 0.1) is 5.54 Å². The van der Waals surface area contributed by atoms with Crippen LogP contribution in [0.15, 0.2) is 9.98 Å². The Bertz CT molecular complexity index is 390. The molecule has 0 unspecified atom stereocenters. The minimum atomic E-state index is -3.49. The molecular weight excluding hydrogens is 228 g/mol. The van der Waals surface area contributed by atoms with Crippen molar-refractivity contribution in [2.24, 2.45) is 9.98 Å². The molecular formula is C9H20N4O2S. The first-order chi connectivity index (χ1) is 7.23. The lowest BCUT2D eigenvalue weighted by Gasteiger charge is -2.12. The van der Waals surface area contributed by atoms with Gasteiger partial charge in [-0.25, -0.2) is 9.44 Å². The van der Waals surface area contributed by atoms with E-state index in [0.29, 0.717) is 0 Å². The van der Waals surface area contributed by atoms with Gasteiger partial charge in [0.25, 0.3) is 0 Å². The van der Waals surface area contributed by atoms with Crippen LogP contribution in [0.1, 0.15) is 34.6 Å². The molecule has 1 aliphatic heterocycles. The van der Waals surface area contributed by atoms with Gasteiger partial charge in [0.2, 0.25) is 0 Å². The number of nitrogens with one attached hydrogen (secondary N) is 2. The summed E-state index contributed by atoms with van der Waals surface area (Å²) in [6.07, 6.45) is 0. The van der Waals surface area contributed by atoms with E-state index in [2.05, 4.69) is 19.4 Å². The van der Waals surface area contributed by atoms with Crippen LogP contribution < -0.4 is 9.44 Å². The smallest absolute Gasteiger partial charge is 0.268 e. The van der Waals surface area contributed by atoms with Crippen molar-refractivity contribution in [2.75, 3.05) is 7.05 Å². The fourth-order valence-corrected chi connectivity index (χ4v) is 1.83. The Morgan fingerprint density at radius 1 is 1.06 bits per heavy atom. The molecule has 1 aliphatic rings. The lowest BCUT2D eigenvalue weighted by atomic mass is 10.1. The van der Waals surface area contributed by atoms with E-state index >= 15 is 0 Å². The zero-order valence-corrected chi connectivity index (χ0v) is 11.4. The molecule has 0 aromatic carbocycles. The molecule has 1 heterocycles. The monoisotopic (exact) mass is 248 g/mol. The van der Waals surface area contributed by atoms with Crippen molar-refractivity contribution >= 4 is 21.9 Å². The van der Waals surface area contributed by atoms with E-state index < -0.39 is 10.2 Å². The van der Waals surface area contributed by atoms with E-state index in [4.69, 9.17) is 0 Å². The molecule has 0 spiro atoms. The Morgan fingerprint density at radius 2 is 1.50 bits per heavy atom. The minimum absolute atomic E-state index is 0.250. The minimum Gasteiger partial charge on any atom is -0.268 e. The van der Waals surface area contributed by atoms with Crippen LogP contribution in [0.2, 0.25) is 0 Å². The maximum absolute atomic E-state index is 11.1. The van der Waals surface area contributed by atoms with Crippen molar-refractivity contribution in [1.82, 2.24) is 9.44 Å². The summed E-state index contributed by atoms with van der Waals surface area (Å²) in [6, 6.07) is 0. The Kier molecular flexibility index (Phi) is 4.92. The summed E-state index contributed by atoms with van der Waals surface area (Å²) >= 11 is 0. The molecule has 0 saturated carbocycles. The van der Waals surface area contributed by atoms with E-state index in [1.54, 1.807) is 0 Å². The van der Waals surface area contributed by atoms with Crippen LogP contribution in [-0.2, 0) is 10.2 Å². The lowest BCUT2D eigenvalue weighted by Crippen LogP contribution is -2.27. The molecule has 0 aliphatic carbocycles. The Balaban J connectivity index is 0.00000106. The standard InChI is InChI=1S/C7H14N4O2S.C2H6/c1-7(2,3)9-6-5(8-4)10-14(12,13)11-6;1-2/h1-4H3,(H,8,10)(H,9,11);1-2H3. The fourth-order valence-electron chi connectivity index (χ4n) is 0.939. The second kappa shape index (κ2) is 5.29. The third-order valence-electron chi connectivity index (χ3n) is 1.36. The Hall–Kier alpha value is -1.11. The van der Waals surface area contributed by atoms with Crippen molar-refractivity contribution in [3.05, 3.63) is 0 Å². The maximum Gasteiger partial charge on any atom is 0.324 e. The van der Waals surface area contributed by atoms with Gasteiger partial charge in [0, 0.05) is 7.05 Å². The first kappa shape index (κ1) is 14.9. The van der Waals surface area contributed by atoms with Crippen molar-refractivity contribution in [3.63, 3.8) is 0 Å². The highest BCUT2D eigenvalue weighted by atomic mass is 32.2. The van der Waals surface area contributed by atoms with Crippen LogP contribution in [-0.4, -0.2) is 32.7 Å². The summed E-state index contributed by atoms with van der Waals surface area (Å²) < 4.78 is 26.7. The summed E-state index contributed by atoms with van der Waals surface area (Å²) in [5.74, 6) is 0.514. The molecule has 94 valence electrons. The second-order valence-electron chi connectivity index (χ2n) is 3.91. The van der Waals surface area contributed by atoms with Gasteiger partial charge < -0.3 is 0 Å². The molecule has 2 N–H and O–H groups in total. The van der Waals surface area contributed by atoms with Crippen LogP contribution in [0, 0.1) is 0 Å². The molecule has 1 rings (SSSR count). The lowest BCUT2D eigenvalue weighted by molar-refractivity contribution is 0.581. The van der Waals surface area contributed by atoms with Crippen LogP contribution >= 0.6 is 0 Å². The van der Waals surface area contributed by atoms with Gasteiger partial charge in [0.15, 0.2) is 11.7 Å². The first-order valence-corrected chi connectivity index (χ1v) is 6.59. The molecule has 0 amide bonds. The van der Waals surface area contributed by atoms with Crippen LogP contribution in [0.25, 0.3) is 0 Å². The van der Waals surface area contributed by atoms with Crippen LogP contribution in [0.3, 0.4) is 0 Å². The van der Waals surface area contributed by atoms with Crippen molar-refractivity contribution in [3.8, 4) is 0 Å². The molecule has 0 atom stereocenters. The highest BCUT2D eigenvalue weighted by Crippen LogP contribution is 2.08. The third-order valence-corrected chi connectivity index (χ3v) is 2.28. The molecule has 1 fully saturated rings. The van der Waals surface area contributed by atoms with E-state index in [0.717, 1.165) is 0 Å². The molecule has 1 saturated heterocycles. The van der Waals surface area contributed by atoms with Crippen LogP contribution in [0.5, 0.6) is 0 Å². The number of aliphatic imine (C=N–C) groups is 2. The van der Waals surface area contributed by atoms with Gasteiger partial charge in [-0.05, 0) is 20.8 Å². The van der Waals surface area contributed by atoms with Gasteiger partial charge >= 0.3 is 10.2 Å². The van der Waals surface area contributed by atoms with Gasteiger partial charge in [-0.1, -0.05) is 13.8 Å². The highest BCUT2D eigenvalue weighted by molar-refractivity contribution is 7.89. The van der Waals surface area contributed by atoms with Gasteiger partial charge in [-0.15, -0.1) is 0 Å². The van der Waals surface area contributed by atoms with Gasteiger partial charge in [0.1, 0.15) is 0 Å². The van der Waals surface area contributed by atoms with Gasteiger partial charge in [-0.2, -0.15) is 8.42 Å². The number of amidine groups is 2. The molecule has 6 nitrogen and oxygen atoms in total. The Morgan fingerprint density at radius 3 is 1.88 bits per heavy atom. The number of nitrogens with zero attached hydrogens (tertiary/aromatic N) is 2. The number of hydrogen-bond donors (Lipinski definition) is 2. The van der Waals surface area contributed by atoms with Crippen molar-refractivity contribution in [2.45, 2.75) is 40.2 Å². The average molecular weight is 248 g/mol. The molecule has 0 aromatic rings. The largest absolute Gasteiger partial charge is 0.324 e. The SMILES string of the molecule is CC.CN=C1NS(=O)(=O)NC1=NC(C)(C)C. The topological polar surface area (TPSA) is 82.9 Å². The average Bonchev–Trinajstić information content (AvgIpc) is 2.41. The summed E-state index contributed by atoms with van der Waals surface area (Å²) in [5.41, 5.74) is -0.347. The summed E-state index contributed by atoms with van der Waals surface area (Å²) in [5, 5.41) is 0. The summed E-state index contributed by atoms with van der Waals surface area (Å²) in [7, 11) is -1.99. The molecule has 16 heavy (non-hydrogen) atoms. The van der Waals surface area contributed by atoms with E-state index in [1.165, 1.54) is 7.05 Å². The summed E-state index contributed by atoms with van der Waals surface area (Å²) in [6.45, 7) is 9.62. The predicted octanol–water partition coefficient (Wildman–Crippen LogP) is 0.675. The van der Waals surface area contributed by atoms with Crippen molar-refractivity contribution in [1.29, 1.82) is 0 Å². The Labute approximate surface area is 97.4 Å². The quantitative estimate of drug-likeness (QED) is 0.660. The number of rotatable bonds is 0. The predicted molar refractivity (Wildman–Crippen MR) is 67.1 cm³/mol. The summed E-state index contributed by atoms with van der Waals surface area (Å²) in [4.78, 5) is 7.97. The zero-order valence-electron chi connectivity index (χ0n) is 10.6. The van der Waals surface area contributed by atoms with E-state index in [-0.39, 0.29) is 17.2 Å². The first-order valence-electron chi connectivity index (χ1n) is 5.11. The molecule has 0 bridgehead atoms. The fraction of sp³-hybridized carbons (Fsp3) is 0.778. The number of hydrogen-bond acceptors (Lipinski definition) is 4. The van der Waals surface area contributed by atoms with Gasteiger partial charge in [-0.3, -0.25) is 9.98 Å². The van der Waals surface area contributed by atoms with E-state index in [9.17, 15) is 8.42 Å². The highest BCUT2D eigenvalue weighted by Gasteiger charge is 2.29. The normalized spacial score (nSPS) is 23.4. The second-order valence-corrected chi connectivity index (χ2v) is 5.33. The maximum atomic E-state index is 11.1. The van der Waals surface area contributed by atoms with Crippen molar-refractivity contribution < 1.29 is 8.42 Å².